The minimum absolute atomic E-state index is 0.425. The number of hydrogen-bond acceptors (Lipinski definition) is 3. The summed E-state index contributed by atoms with van der Waals surface area (Å²) < 4.78 is 0. The van der Waals surface area contributed by atoms with Crippen LogP contribution in [0.15, 0.2) is 16.8 Å². The summed E-state index contributed by atoms with van der Waals surface area (Å²) in [6.45, 7) is 6.21. The van der Waals surface area contributed by atoms with E-state index in [1.165, 1.54) is 0 Å². The van der Waals surface area contributed by atoms with Crippen LogP contribution in [0.5, 0.6) is 0 Å². The second kappa shape index (κ2) is 4.42. The first-order valence-corrected chi connectivity index (χ1v) is 4.80. The summed E-state index contributed by atoms with van der Waals surface area (Å²) >= 11 is 0. The van der Waals surface area contributed by atoms with Gasteiger partial charge in [0.25, 0.3) is 0 Å². The summed E-state index contributed by atoms with van der Waals surface area (Å²) in [5.41, 5.74) is 1.05. The maximum atomic E-state index is 5.16. The number of aliphatic imine (C=N–C) groups is 1. The molecule has 1 aliphatic carbocycles. The Balaban J connectivity index is 2.69. The van der Waals surface area contributed by atoms with Gasteiger partial charge in [0.15, 0.2) is 0 Å². The van der Waals surface area contributed by atoms with Crippen molar-refractivity contribution in [3.63, 3.8) is 0 Å². The van der Waals surface area contributed by atoms with Crippen LogP contribution in [0.2, 0.25) is 0 Å². The van der Waals surface area contributed by atoms with E-state index < -0.39 is 0 Å². The van der Waals surface area contributed by atoms with Crippen molar-refractivity contribution in [2.75, 3.05) is 0 Å². The van der Waals surface area contributed by atoms with Gasteiger partial charge >= 0.3 is 0 Å². The molecular weight excluding hydrogens is 164 g/mol. The van der Waals surface area contributed by atoms with Gasteiger partial charge in [-0.3, -0.25) is 0 Å². The fourth-order valence-electron chi connectivity index (χ4n) is 1.20. The van der Waals surface area contributed by atoms with Crippen LogP contribution < -0.4 is 5.90 Å². The molecule has 0 unspecified atom stereocenters. The van der Waals surface area contributed by atoms with Gasteiger partial charge in [0.2, 0.25) is 5.90 Å². The van der Waals surface area contributed by atoms with Crippen molar-refractivity contribution in [2.45, 2.75) is 33.6 Å². The highest BCUT2D eigenvalue weighted by molar-refractivity contribution is 5.81. The van der Waals surface area contributed by atoms with Gasteiger partial charge in [-0.05, 0) is 25.7 Å². The average molecular weight is 182 g/mol. The number of nitrogens with two attached hydrogens (primary N) is 1. The van der Waals surface area contributed by atoms with Gasteiger partial charge in [-0.2, -0.15) is 5.90 Å². The molecule has 3 nitrogen and oxygen atoms in total. The lowest BCUT2D eigenvalue weighted by atomic mass is 10.1. The van der Waals surface area contributed by atoms with Crippen molar-refractivity contribution in [1.82, 2.24) is 0 Å². The summed E-state index contributed by atoms with van der Waals surface area (Å²) in [6, 6.07) is 0. The van der Waals surface area contributed by atoms with Crippen LogP contribution in [0.25, 0.3) is 0 Å². The normalized spacial score (nSPS) is 19.5. The molecule has 0 aliphatic heterocycles. The first kappa shape index (κ1) is 10.3. The molecule has 0 atom stereocenters. The average Bonchev–Trinajstić information content (AvgIpc) is 2.89. The minimum Gasteiger partial charge on any atom is -0.396 e. The topological polar surface area (TPSA) is 47.6 Å². The molecule has 1 fully saturated rings. The number of hydrogen-bond donors (Lipinski definition) is 1. The van der Waals surface area contributed by atoms with Crippen LogP contribution in [0.3, 0.4) is 0 Å². The fourth-order valence-corrected chi connectivity index (χ4v) is 1.20. The molecule has 0 bridgehead atoms. The lowest BCUT2D eigenvalue weighted by molar-refractivity contribution is 0.306. The first-order chi connectivity index (χ1) is 6.19. The van der Waals surface area contributed by atoms with Gasteiger partial charge in [-0.25, -0.2) is 4.99 Å². The fraction of sp³-hybridized carbons (Fsp3) is 0.700. The molecule has 2 N–H and O–H groups in total. The van der Waals surface area contributed by atoms with Crippen molar-refractivity contribution in [3.8, 4) is 0 Å². The van der Waals surface area contributed by atoms with Crippen molar-refractivity contribution in [3.05, 3.63) is 11.8 Å². The standard InChI is InChI=1S/C10H18N2O/c1-4-9(7(2)3)12-10(13-11)8-5-6-8/h4,7-8H,5-6,11H2,1-3H3/b9-4-,12-10?. The van der Waals surface area contributed by atoms with E-state index >= 15 is 0 Å². The van der Waals surface area contributed by atoms with Crippen molar-refractivity contribution < 1.29 is 4.84 Å². The van der Waals surface area contributed by atoms with E-state index in [0.717, 1.165) is 18.5 Å². The van der Waals surface area contributed by atoms with Crippen LogP contribution in [0.1, 0.15) is 33.6 Å². The van der Waals surface area contributed by atoms with E-state index in [1.54, 1.807) is 0 Å². The number of nitrogens with zero attached hydrogens (tertiary/aromatic N) is 1. The SMILES string of the molecule is C/C=C(\N=C(ON)C1CC1)C(C)C. The van der Waals surface area contributed by atoms with Gasteiger partial charge in [0, 0.05) is 11.6 Å². The molecule has 74 valence electrons. The third kappa shape index (κ3) is 2.84. The van der Waals surface area contributed by atoms with Crippen LogP contribution >= 0.6 is 0 Å². The molecule has 0 radical (unpaired) electrons. The monoisotopic (exact) mass is 182 g/mol. The molecule has 0 amide bonds. The Morgan fingerprint density at radius 3 is 2.46 bits per heavy atom. The predicted molar refractivity (Wildman–Crippen MR) is 54.0 cm³/mol. The Hall–Kier alpha value is -0.830. The Labute approximate surface area is 79.6 Å². The van der Waals surface area contributed by atoms with E-state index in [4.69, 9.17) is 10.7 Å². The van der Waals surface area contributed by atoms with Crippen LogP contribution in [-0.4, -0.2) is 5.90 Å². The molecular formula is C10H18N2O. The van der Waals surface area contributed by atoms with Gasteiger partial charge in [0.05, 0.1) is 0 Å². The molecule has 0 heterocycles. The largest absolute Gasteiger partial charge is 0.396 e. The molecule has 3 heteroatoms. The van der Waals surface area contributed by atoms with Crippen LogP contribution in [-0.2, 0) is 4.84 Å². The number of allylic oxidation sites excluding steroid dienone is 2. The highest BCUT2D eigenvalue weighted by Gasteiger charge is 2.29. The molecule has 0 aromatic heterocycles. The lowest BCUT2D eigenvalue weighted by Crippen LogP contribution is -2.13. The molecule has 1 rings (SSSR count). The summed E-state index contributed by atoms with van der Waals surface area (Å²) in [5.74, 6) is 6.75. The van der Waals surface area contributed by atoms with Crippen LogP contribution in [0, 0.1) is 11.8 Å². The predicted octanol–water partition coefficient (Wildman–Crippen LogP) is 2.25. The lowest BCUT2D eigenvalue weighted by Gasteiger charge is -2.07. The van der Waals surface area contributed by atoms with E-state index in [9.17, 15) is 0 Å². The van der Waals surface area contributed by atoms with E-state index in [2.05, 4.69) is 18.8 Å². The van der Waals surface area contributed by atoms with Crippen molar-refractivity contribution in [2.24, 2.45) is 22.7 Å². The summed E-state index contributed by atoms with van der Waals surface area (Å²) in [5, 5.41) is 0. The van der Waals surface area contributed by atoms with Gasteiger partial charge in [-0.1, -0.05) is 19.9 Å². The highest BCUT2D eigenvalue weighted by atomic mass is 16.6. The quantitative estimate of drug-likeness (QED) is 0.413. The highest BCUT2D eigenvalue weighted by Crippen LogP contribution is 2.31. The maximum Gasteiger partial charge on any atom is 0.216 e. The minimum atomic E-state index is 0.425. The molecule has 0 spiro atoms. The Morgan fingerprint density at radius 1 is 1.54 bits per heavy atom. The smallest absolute Gasteiger partial charge is 0.216 e. The van der Waals surface area contributed by atoms with Gasteiger partial charge in [-0.15, -0.1) is 0 Å². The third-order valence-corrected chi connectivity index (χ3v) is 2.17. The number of rotatable bonds is 3. The maximum absolute atomic E-state index is 5.16. The Kier molecular flexibility index (Phi) is 3.48. The van der Waals surface area contributed by atoms with Crippen molar-refractivity contribution in [1.29, 1.82) is 0 Å². The molecule has 1 saturated carbocycles. The summed E-state index contributed by atoms with van der Waals surface area (Å²) in [7, 11) is 0. The van der Waals surface area contributed by atoms with Crippen molar-refractivity contribution >= 4 is 5.90 Å². The first-order valence-electron chi connectivity index (χ1n) is 4.80. The van der Waals surface area contributed by atoms with Crippen LogP contribution in [0.4, 0.5) is 0 Å². The third-order valence-electron chi connectivity index (χ3n) is 2.17. The van der Waals surface area contributed by atoms with E-state index in [-0.39, 0.29) is 0 Å². The molecule has 1 aliphatic rings. The second-order valence-electron chi connectivity index (χ2n) is 3.71. The summed E-state index contributed by atoms with van der Waals surface area (Å²) in [6.07, 6.45) is 4.32. The zero-order valence-corrected chi connectivity index (χ0v) is 8.58. The Bertz CT molecular complexity index is 227. The zero-order valence-electron chi connectivity index (χ0n) is 8.58. The molecule has 0 aromatic rings. The van der Waals surface area contributed by atoms with E-state index in [0.29, 0.717) is 17.7 Å². The molecule has 0 saturated heterocycles. The molecule has 13 heavy (non-hydrogen) atoms. The second-order valence-corrected chi connectivity index (χ2v) is 3.71. The zero-order chi connectivity index (χ0) is 9.84. The molecule has 0 aromatic carbocycles. The van der Waals surface area contributed by atoms with Gasteiger partial charge < -0.3 is 4.84 Å². The van der Waals surface area contributed by atoms with Gasteiger partial charge in [0.1, 0.15) is 0 Å². The Morgan fingerprint density at radius 2 is 2.15 bits per heavy atom. The van der Waals surface area contributed by atoms with E-state index in [1.807, 2.05) is 13.0 Å². The summed E-state index contributed by atoms with van der Waals surface area (Å²) in [4.78, 5) is 9.17.